The predicted octanol–water partition coefficient (Wildman–Crippen LogP) is 2.81. The van der Waals surface area contributed by atoms with Crippen LogP contribution in [0.4, 0.5) is 0 Å². The maximum absolute atomic E-state index is 11.2. The standard InChI is InChI=1S/C8H8BrClO2S/c1-5-7(13(2,11)12)4-3-6(9)8(5)10/h3-4H,1-2H3. The van der Waals surface area contributed by atoms with Crippen LogP contribution in [0, 0.1) is 6.92 Å². The van der Waals surface area contributed by atoms with Gasteiger partial charge in [-0.1, -0.05) is 11.6 Å². The smallest absolute Gasteiger partial charge is 0.175 e. The fourth-order valence-electron chi connectivity index (χ4n) is 1.04. The van der Waals surface area contributed by atoms with Crippen molar-refractivity contribution in [1.29, 1.82) is 0 Å². The predicted molar refractivity (Wildman–Crippen MR) is 57.0 cm³/mol. The summed E-state index contributed by atoms with van der Waals surface area (Å²) in [6.07, 6.45) is 1.17. The molecule has 0 radical (unpaired) electrons. The van der Waals surface area contributed by atoms with Crippen LogP contribution in [-0.2, 0) is 9.84 Å². The van der Waals surface area contributed by atoms with Crippen molar-refractivity contribution in [3.8, 4) is 0 Å². The Morgan fingerprint density at radius 3 is 2.38 bits per heavy atom. The Hall–Kier alpha value is -0.0600. The number of hydrogen-bond donors (Lipinski definition) is 0. The second kappa shape index (κ2) is 3.59. The van der Waals surface area contributed by atoms with Gasteiger partial charge >= 0.3 is 0 Å². The molecule has 0 fully saturated rings. The third kappa shape index (κ3) is 2.24. The van der Waals surface area contributed by atoms with Crippen LogP contribution in [0.15, 0.2) is 21.5 Å². The first kappa shape index (κ1) is 11.0. The highest BCUT2D eigenvalue weighted by atomic mass is 79.9. The van der Waals surface area contributed by atoms with E-state index < -0.39 is 9.84 Å². The maximum Gasteiger partial charge on any atom is 0.175 e. The average Bonchev–Trinajstić information content (AvgIpc) is 1.98. The zero-order chi connectivity index (χ0) is 10.2. The Morgan fingerprint density at radius 2 is 1.92 bits per heavy atom. The van der Waals surface area contributed by atoms with Crippen molar-refractivity contribution in [3.63, 3.8) is 0 Å². The lowest BCUT2D eigenvalue weighted by molar-refractivity contribution is 0.601. The van der Waals surface area contributed by atoms with Gasteiger partial charge in [-0.25, -0.2) is 8.42 Å². The molecular formula is C8H8BrClO2S. The normalized spacial score (nSPS) is 11.7. The van der Waals surface area contributed by atoms with Gasteiger partial charge in [-0.3, -0.25) is 0 Å². The van der Waals surface area contributed by atoms with Crippen LogP contribution < -0.4 is 0 Å². The minimum atomic E-state index is -3.18. The second-order valence-electron chi connectivity index (χ2n) is 2.76. The summed E-state index contributed by atoms with van der Waals surface area (Å²) < 4.78 is 23.2. The highest BCUT2D eigenvalue weighted by Gasteiger charge is 2.14. The molecule has 0 spiro atoms. The molecule has 0 aromatic heterocycles. The monoisotopic (exact) mass is 282 g/mol. The number of sulfone groups is 1. The Morgan fingerprint density at radius 1 is 1.38 bits per heavy atom. The van der Waals surface area contributed by atoms with Crippen molar-refractivity contribution in [3.05, 3.63) is 27.2 Å². The van der Waals surface area contributed by atoms with Crippen molar-refractivity contribution in [1.82, 2.24) is 0 Å². The Bertz CT molecular complexity index is 440. The number of hydrogen-bond acceptors (Lipinski definition) is 2. The maximum atomic E-state index is 11.2. The molecule has 0 heterocycles. The quantitative estimate of drug-likeness (QED) is 0.794. The first-order valence-electron chi connectivity index (χ1n) is 3.48. The van der Waals surface area contributed by atoms with Gasteiger partial charge in [0, 0.05) is 10.7 Å². The van der Waals surface area contributed by atoms with E-state index in [1.807, 2.05) is 0 Å². The van der Waals surface area contributed by atoms with Crippen LogP contribution in [0.5, 0.6) is 0 Å². The summed E-state index contributed by atoms with van der Waals surface area (Å²) in [6.45, 7) is 1.68. The van der Waals surface area contributed by atoms with E-state index in [1.54, 1.807) is 19.1 Å². The molecule has 1 rings (SSSR count). The molecule has 2 nitrogen and oxygen atoms in total. The molecule has 1 aromatic carbocycles. The van der Waals surface area contributed by atoms with E-state index in [1.165, 1.54) is 6.26 Å². The third-order valence-corrected chi connectivity index (χ3v) is 4.31. The molecule has 0 aliphatic rings. The van der Waals surface area contributed by atoms with Crippen LogP contribution in [0.1, 0.15) is 5.56 Å². The summed E-state index contributed by atoms with van der Waals surface area (Å²) in [5, 5.41) is 0.447. The number of rotatable bonds is 1. The molecule has 0 amide bonds. The first-order valence-corrected chi connectivity index (χ1v) is 6.55. The van der Waals surface area contributed by atoms with Gasteiger partial charge in [0.05, 0.1) is 9.92 Å². The average molecular weight is 284 g/mol. The van der Waals surface area contributed by atoms with Gasteiger partial charge < -0.3 is 0 Å². The zero-order valence-corrected chi connectivity index (χ0v) is 10.3. The molecule has 0 bridgehead atoms. The largest absolute Gasteiger partial charge is 0.224 e. The van der Waals surface area contributed by atoms with Crippen molar-refractivity contribution >= 4 is 37.4 Å². The molecule has 13 heavy (non-hydrogen) atoms. The SMILES string of the molecule is Cc1c(S(C)(=O)=O)ccc(Br)c1Cl. The van der Waals surface area contributed by atoms with E-state index in [-0.39, 0.29) is 4.90 Å². The van der Waals surface area contributed by atoms with Crippen LogP contribution in [-0.4, -0.2) is 14.7 Å². The molecule has 0 saturated heterocycles. The molecule has 0 saturated carbocycles. The van der Waals surface area contributed by atoms with Gasteiger partial charge in [-0.15, -0.1) is 0 Å². The van der Waals surface area contributed by atoms with Crippen LogP contribution in [0.25, 0.3) is 0 Å². The van der Waals surface area contributed by atoms with E-state index in [4.69, 9.17) is 11.6 Å². The van der Waals surface area contributed by atoms with E-state index >= 15 is 0 Å². The molecule has 0 atom stereocenters. The van der Waals surface area contributed by atoms with Gasteiger partial charge in [0.25, 0.3) is 0 Å². The van der Waals surface area contributed by atoms with Gasteiger partial charge in [0.1, 0.15) is 0 Å². The highest BCUT2D eigenvalue weighted by molar-refractivity contribution is 9.10. The molecule has 0 unspecified atom stereocenters. The van der Waals surface area contributed by atoms with Crippen LogP contribution >= 0.6 is 27.5 Å². The van der Waals surface area contributed by atoms with Crippen molar-refractivity contribution < 1.29 is 8.42 Å². The van der Waals surface area contributed by atoms with E-state index in [9.17, 15) is 8.42 Å². The Balaban J connectivity index is 3.53. The van der Waals surface area contributed by atoms with Crippen LogP contribution in [0.3, 0.4) is 0 Å². The Labute approximate surface area is 91.0 Å². The molecular weight excluding hydrogens is 276 g/mol. The minimum Gasteiger partial charge on any atom is -0.224 e. The third-order valence-electron chi connectivity index (χ3n) is 1.69. The van der Waals surface area contributed by atoms with Gasteiger partial charge in [-0.05, 0) is 40.5 Å². The lowest BCUT2D eigenvalue weighted by atomic mass is 10.2. The minimum absolute atomic E-state index is 0.278. The number of halogens is 2. The second-order valence-corrected chi connectivity index (χ2v) is 5.97. The lowest BCUT2D eigenvalue weighted by Gasteiger charge is -2.06. The first-order chi connectivity index (χ1) is 5.84. The highest BCUT2D eigenvalue weighted by Crippen LogP contribution is 2.30. The molecule has 0 aliphatic heterocycles. The summed E-state index contributed by atoms with van der Waals surface area (Å²) in [6, 6.07) is 3.17. The summed E-state index contributed by atoms with van der Waals surface area (Å²) in [5.41, 5.74) is 0.582. The van der Waals surface area contributed by atoms with Crippen molar-refractivity contribution in [2.45, 2.75) is 11.8 Å². The zero-order valence-electron chi connectivity index (χ0n) is 7.14. The van der Waals surface area contributed by atoms with Crippen LogP contribution in [0.2, 0.25) is 5.02 Å². The molecule has 72 valence electrons. The van der Waals surface area contributed by atoms with E-state index in [0.717, 1.165) is 0 Å². The summed E-state index contributed by atoms with van der Waals surface area (Å²) in [7, 11) is -3.18. The van der Waals surface area contributed by atoms with Gasteiger partial charge in [0.15, 0.2) is 9.84 Å². The Kier molecular flexibility index (Phi) is 3.05. The lowest BCUT2D eigenvalue weighted by Crippen LogP contribution is -2.00. The molecule has 0 N–H and O–H groups in total. The van der Waals surface area contributed by atoms with Crippen molar-refractivity contribution in [2.24, 2.45) is 0 Å². The fraction of sp³-hybridized carbons (Fsp3) is 0.250. The summed E-state index contributed by atoms with van der Waals surface area (Å²) >= 11 is 9.10. The molecule has 1 aromatic rings. The van der Waals surface area contributed by atoms with Gasteiger partial charge in [-0.2, -0.15) is 0 Å². The van der Waals surface area contributed by atoms with Gasteiger partial charge in [0.2, 0.25) is 0 Å². The molecule has 0 aliphatic carbocycles. The van der Waals surface area contributed by atoms with E-state index in [2.05, 4.69) is 15.9 Å². The van der Waals surface area contributed by atoms with Crippen molar-refractivity contribution in [2.75, 3.05) is 6.26 Å². The number of benzene rings is 1. The topological polar surface area (TPSA) is 34.1 Å². The fourth-order valence-corrected chi connectivity index (χ4v) is 2.66. The van der Waals surface area contributed by atoms with E-state index in [0.29, 0.717) is 15.1 Å². The summed E-state index contributed by atoms with van der Waals surface area (Å²) in [4.78, 5) is 0.278. The summed E-state index contributed by atoms with van der Waals surface area (Å²) in [5.74, 6) is 0. The molecule has 5 heteroatoms.